The van der Waals surface area contributed by atoms with Crippen molar-refractivity contribution in [1.29, 1.82) is 5.26 Å². The highest BCUT2D eigenvalue weighted by atomic mass is 79.9. The second kappa shape index (κ2) is 7.77. The molecule has 124 valence electrons. The molecule has 0 unspecified atom stereocenters. The van der Waals surface area contributed by atoms with E-state index < -0.39 is 0 Å². The normalized spacial score (nSPS) is 10.2. The van der Waals surface area contributed by atoms with Crippen LogP contribution in [-0.2, 0) is 4.74 Å². The lowest BCUT2D eigenvalue weighted by Crippen LogP contribution is -2.15. The Bertz CT molecular complexity index is 966. The Morgan fingerprint density at radius 1 is 1.16 bits per heavy atom. The number of rotatable bonds is 5. The van der Waals surface area contributed by atoms with Crippen LogP contribution in [0.1, 0.15) is 15.9 Å². The number of benzene rings is 2. The van der Waals surface area contributed by atoms with Crippen molar-refractivity contribution in [2.75, 3.05) is 18.5 Å². The van der Waals surface area contributed by atoms with Crippen molar-refractivity contribution in [3.05, 3.63) is 70.3 Å². The molecule has 0 atom stereocenters. The molecule has 1 N–H and O–H groups in total. The summed E-state index contributed by atoms with van der Waals surface area (Å²) in [5.74, 6) is 0.0992. The fourth-order valence-electron chi connectivity index (χ4n) is 2.48. The van der Waals surface area contributed by atoms with Gasteiger partial charge in [0, 0.05) is 10.7 Å². The van der Waals surface area contributed by atoms with E-state index in [-0.39, 0.29) is 12.6 Å². The third-order valence-electron chi connectivity index (χ3n) is 3.64. The molecular weight excluding hydrogens is 382 g/mol. The number of nitrogens with one attached hydrogen (secondary N) is 1. The zero-order chi connectivity index (χ0) is 17.6. The summed E-state index contributed by atoms with van der Waals surface area (Å²) in [5, 5.41) is 13.8. The van der Waals surface area contributed by atoms with Crippen LogP contribution in [0.3, 0.4) is 0 Å². The maximum absolute atomic E-state index is 12.4. The minimum atomic E-state index is -0.382. The number of carbonyl (C=O) groups excluding carboxylic acids is 1. The van der Waals surface area contributed by atoms with Crippen molar-refractivity contribution < 1.29 is 9.53 Å². The van der Waals surface area contributed by atoms with Gasteiger partial charge in [-0.15, -0.1) is 0 Å². The summed E-state index contributed by atoms with van der Waals surface area (Å²) in [7, 11) is 0. The summed E-state index contributed by atoms with van der Waals surface area (Å²) < 4.78 is 6.27. The number of hydrogen-bond donors (Lipinski definition) is 1. The second-order valence-corrected chi connectivity index (χ2v) is 6.07. The molecule has 0 spiro atoms. The van der Waals surface area contributed by atoms with Crippen LogP contribution in [0.25, 0.3) is 10.8 Å². The fraction of sp³-hybridized carbons (Fsp3) is 0.105. The molecule has 1 heterocycles. The van der Waals surface area contributed by atoms with Gasteiger partial charge in [0.25, 0.3) is 0 Å². The standard InChI is InChI=1S/C19H14BrN3O2/c20-17-8-2-5-14-15(17)6-1-7-16(14)19(24)25-11-10-23-18-13(12-21)4-3-9-22-18/h1-9H,10-11H2,(H,22,23). The number of pyridine rings is 1. The first kappa shape index (κ1) is 16.9. The van der Waals surface area contributed by atoms with Gasteiger partial charge in [-0.3, -0.25) is 0 Å². The van der Waals surface area contributed by atoms with Gasteiger partial charge in [-0.05, 0) is 35.0 Å². The van der Waals surface area contributed by atoms with Gasteiger partial charge in [-0.1, -0.05) is 40.2 Å². The van der Waals surface area contributed by atoms with Crippen LogP contribution in [0.2, 0.25) is 0 Å². The number of fused-ring (bicyclic) bond motifs is 1. The topological polar surface area (TPSA) is 75.0 Å². The minimum Gasteiger partial charge on any atom is -0.460 e. The Hall–Kier alpha value is -2.91. The molecule has 0 fully saturated rings. The smallest absolute Gasteiger partial charge is 0.338 e. The number of nitriles is 1. The van der Waals surface area contributed by atoms with Crippen LogP contribution in [0.4, 0.5) is 5.82 Å². The van der Waals surface area contributed by atoms with Crippen molar-refractivity contribution in [3.8, 4) is 6.07 Å². The number of carbonyl (C=O) groups is 1. The van der Waals surface area contributed by atoms with E-state index in [0.717, 1.165) is 15.2 Å². The molecule has 0 amide bonds. The lowest BCUT2D eigenvalue weighted by molar-refractivity contribution is 0.0523. The van der Waals surface area contributed by atoms with E-state index in [1.807, 2.05) is 30.3 Å². The minimum absolute atomic E-state index is 0.171. The maximum atomic E-state index is 12.4. The number of halogens is 1. The van der Waals surface area contributed by atoms with Crippen LogP contribution in [0.15, 0.2) is 59.2 Å². The van der Waals surface area contributed by atoms with Crippen molar-refractivity contribution >= 4 is 38.5 Å². The number of esters is 1. The Kier molecular flexibility index (Phi) is 5.26. The molecule has 0 aliphatic heterocycles. The maximum Gasteiger partial charge on any atom is 0.338 e. The summed E-state index contributed by atoms with van der Waals surface area (Å²) in [4.78, 5) is 16.5. The zero-order valence-electron chi connectivity index (χ0n) is 13.2. The Balaban J connectivity index is 1.64. The van der Waals surface area contributed by atoms with Crippen LogP contribution in [-0.4, -0.2) is 24.1 Å². The molecular formula is C19H14BrN3O2. The molecule has 5 nitrogen and oxygen atoms in total. The van der Waals surface area contributed by atoms with E-state index in [9.17, 15) is 4.79 Å². The van der Waals surface area contributed by atoms with Crippen molar-refractivity contribution in [2.45, 2.75) is 0 Å². The Morgan fingerprint density at radius 3 is 2.80 bits per heavy atom. The largest absolute Gasteiger partial charge is 0.460 e. The third kappa shape index (κ3) is 3.78. The van der Waals surface area contributed by atoms with Gasteiger partial charge in [0.2, 0.25) is 0 Å². The number of nitrogens with zero attached hydrogens (tertiary/aromatic N) is 2. The molecule has 1 aromatic heterocycles. The van der Waals surface area contributed by atoms with Crippen LogP contribution >= 0.6 is 15.9 Å². The summed E-state index contributed by atoms with van der Waals surface area (Å²) >= 11 is 3.49. The average Bonchev–Trinajstić information content (AvgIpc) is 2.65. The average molecular weight is 396 g/mol. The fourth-order valence-corrected chi connectivity index (χ4v) is 2.98. The van der Waals surface area contributed by atoms with E-state index in [4.69, 9.17) is 10.00 Å². The third-order valence-corrected chi connectivity index (χ3v) is 4.34. The summed E-state index contributed by atoms with van der Waals surface area (Å²) in [6, 6.07) is 16.7. The molecule has 25 heavy (non-hydrogen) atoms. The van der Waals surface area contributed by atoms with Crippen LogP contribution in [0.5, 0.6) is 0 Å². The second-order valence-electron chi connectivity index (χ2n) is 5.21. The van der Waals surface area contributed by atoms with Crippen LogP contribution in [0, 0.1) is 11.3 Å². The van der Waals surface area contributed by atoms with Crippen molar-refractivity contribution in [2.24, 2.45) is 0 Å². The SMILES string of the molecule is N#Cc1cccnc1NCCOC(=O)c1cccc2c(Br)cccc12. The molecule has 6 heteroatoms. The highest BCUT2D eigenvalue weighted by Gasteiger charge is 2.12. The first-order chi connectivity index (χ1) is 12.2. The van der Waals surface area contributed by atoms with E-state index in [2.05, 4.69) is 32.3 Å². The summed E-state index contributed by atoms with van der Waals surface area (Å²) in [5.41, 5.74) is 0.974. The molecule has 0 saturated carbocycles. The first-order valence-electron chi connectivity index (χ1n) is 7.64. The molecule has 3 rings (SSSR count). The lowest BCUT2D eigenvalue weighted by Gasteiger charge is -2.10. The molecule has 0 aliphatic rings. The molecule has 0 radical (unpaired) electrons. The van der Waals surface area contributed by atoms with Gasteiger partial charge in [0.15, 0.2) is 0 Å². The molecule has 0 saturated heterocycles. The van der Waals surface area contributed by atoms with Gasteiger partial charge in [0.05, 0.1) is 17.7 Å². The highest BCUT2D eigenvalue weighted by molar-refractivity contribution is 9.10. The van der Waals surface area contributed by atoms with Gasteiger partial charge >= 0.3 is 5.97 Å². The first-order valence-corrected chi connectivity index (χ1v) is 8.43. The zero-order valence-corrected chi connectivity index (χ0v) is 14.8. The van der Waals surface area contributed by atoms with Crippen molar-refractivity contribution in [3.63, 3.8) is 0 Å². The Morgan fingerprint density at radius 2 is 1.96 bits per heavy atom. The predicted molar refractivity (Wildman–Crippen MR) is 99.4 cm³/mol. The van der Waals surface area contributed by atoms with E-state index in [0.29, 0.717) is 23.5 Å². The number of anilines is 1. The summed E-state index contributed by atoms with van der Waals surface area (Å²) in [6.45, 7) is 0.538. The monoisotopic (exact) mass is 395 g/mol. The van der Waals surface area contributed by atoms with Gasteiger partial charge < -0.3 is 10.1 Å². The number of ether oxygens (including phenoxy) is 1. The van der Waals surface area contributed by atoms with E-state index in [1.54, 1.807) is 24.4 Å². The van der Waals surface area contributed by atoms with Gasteiger partial charge in [0.1, 0.15) is 18.5 Å². The van der Waals surface area contributed by atoms with Gasteiger partial charge in [-0.25, -0.2) is 9.78 Å². The summed E-state index contributed by atoms with van der Waals surface area (Å²) in [6.07, 6.45) is 1.60. The molecule has 0 aliphatic carbocycles. The predicted octanol–water partition coefficient (Wildman–Crippen LogP) is 4.14. The van der Waals surface area contributed by atoms with Crippen LogP contribution < -0.4 is 5.32 Å². The quantitative estimate of drug-likeness (QED) is 0.518. The molecule has 3 aromatic rings. The number of aromatic nitrogens is 1. The molecule has 0 bridgehead atoms. The number of hydrogen-bond acceptors (Lipinski definition) is 5. The lowest BCUT2D eigenvalue weighted by atomic mass is 10.0. The van der Waals surface area contributed by atoms with E-state index in [1.165, 1.54) is 0 Å². The Labute approximate surface area is 153 Å². The highest BCUT2D eigenvalue weighted by Crippen LogP contribution is 2.26. The van der Waals surface area contributed by atoms with Gasteiger partial charge in [-0.2, -0.15) is 5.26 Å². The molecule has 2 aromatic carbocycles. The van der Waals surface area contributed by atoms with E-state index >= 15 is 0 Å². The van der Waals surface area contributed by atoms with Crippen molar-refractivity contribution in [1.82, 2.24) is 4.98 Å².